The van der Waals surface area contributed by atoms with Crippen LogP contribution in [0.25, 0.3) is 0 Å². The number of hydrogen-bond donors (Lipinski definition) is 1. The van der Waals surface area contributed by atoms with Crippen molar-refractivity contribution < 1.29 is 18.0 Å². The highest BCUT2D eigenvalue weighted by Gasteiger charge is 2.32. The number of halogens is 2. The van der Waals surface area contributed by atoms with Crippen molar-refractivity contribution in [2.75, 3.05) is 10.8 Å². The Hall–Kier alpha value is -3.07. The van der Waals surface area contributed by atoms with E-state index in [0.29, 0.717) is 10.0 Å². The molecular weight excluding hydrogens is 545 g/mol. The number of nitrogens with one attached hydrogen (secondary N) is 1. The van der Waals surface area contributed by atoms with Gasteiger partial charge in [0.25, 0.3) is 10.0 Å². The zero-order chi connectivity index (χ0) is 28.0. The third-order valence-electron chi connectivity index (χ3n) is 5.87. The molecule has 1 N–H and O–H groups in total. The van der Waals surface area contributed by atoms with Gasteiger partial charge in [-0.1, -0.05) is 53.0 Å². The molecule has 0 aliphatic heterocycles. The van der Waals surface area contributed by atoms with Gasteiger partial charge in [0, 0.05) is 22.6 Å². The zero-order valence-electron chi connectivity index (χ0n) is 21.7. The molecule has 0 aliphatic rings. The number of rotatable bonds is 10. The molecule has 0 unspecified atom stereocenters. The highest BCUT2D eigenvalue weighted by atomic mass is 35.5. The molecule has 3 aromatic carbocycles. The summed E-state index contributed by atoms with van der Waals surface area (Å²) in [7, 11) is -4.13. The van der Waals surface area contributed by atoms with E-state index in [1.165, 1.54) is 17.0 Å². The fourth-order valence-corrected chi connectivity index (χ4v) is 5.41. The van der Waals surface area contributed by atoms with Crippen LogP contribution in [0.1, 0.15) is 31.9 Å². The molecule has 38 heavy (non-hydrogen) atoms. The summed E-state index contributed by atoms with van der Waals surface area (Å²) in [5.41, 5.74) is 1.91. The van der Waals surface area contributed by atoms with Crippen molar-refractivity contribution in [1.29, 1.82) is 0 Å². The van der Waals surface area contributed by atoms with Crippen LogP contribution >= 0.6 is 23.2 Å². The van der Waals surface area contributed by atoms with E-state index in [0.717, 1.165) is 15.4 Å². The molecule has 0 heterocycles. The van der Waals surface area contributed by atoms with Crippen molar-refractivity contribution in [3.05, 3.63) is 94.0 Å². The van der Waals surface area contributed by atoms with E-state index in [-0.39, 0.29) is 29.1 Å². The lowest BCUT2D eigenvalue weighted by molar-refractivity contribution is -0.139. The van der Waals surface area contributed by atoms with Crippen LogP contribution in [-0.2, 0) is 26.2 Å². The molecule has 0 aliphatic carbocycles. The number of carbonyl (C=O) groups excluding carboxylic acids is 2. The molecular formula is C28H31Cl2N3O4S. The Labute approximate surface area is 234 Å². The molecule has 0 saturated heterocycles. The monoisotopic (exact) mass is 575 g/mol. The number of sulfonamides is 1. The summed E-state index contributed by atoms with van der Waals surface area (Å²) in [5.74, 6) is -0.890. The van der Waals surface area contributed by atoms with E-state index in [1.54, 1.807) is 67.6 Å². The van der Waals surface area contributed by atoms with Crippen molar-refractivity contribution in [1.82, 2.24) is 10.2 Å². The molecule has 0 radical (unpaired) electrons. The number of nitrogens with zero attached hydrogens (tertiary/aromatic N) is 2. The standard InChI is InChI=1S/C28H31Cl2N3O4S/c1-19(2)31-28(35)21(4)32(17-22-7-9-23(29)10-8-22)27(34)18-33(25-13-11-24(30)12-14-25)38(36,37)26-15-5-20(3)6-16-26/h5-16,19,21H,17-18H2,1-4H3,(H,31,35)/t21-/m1/s1. The molecule has 2 amide bonds. The Balaban J connectivity index is 2.02. The van der Waals surface area contributed by atoms with Gasteiger partial charge in [-0.05, 0) is 81.8 Å². The highest BCUT2D eigenvalue weighted by molar-refractivity contribution is 7.92. The fraction of sp³-hybridized carbons (Fsp3) is 0.286. The second-order valence-corrected chi connectivity index (χ2v) is 12.0. The van der Waals surface area contributed by atoms with Crippen molar-refractivity contribution in [3.63, 3.8) is 0 Å². The number of benzene rings is 3. The van der Waals surface area contributed by atoms with Crippen LogP contribution < -0.4 is 9.62 Å². The van der Waals surface area contributed by atoms with E-state index in [1.807, 2.05) is 20.8 Å². The topological polar surface area (TPSA) is 86.8 Å². The number of amides is 2. The van der Waals surface area contributed by atoms with Gasteiger partial charge >= 0.3 is 0 Å². The molecule has 202 valence electrons. The largest absolute Gasteiger partial charge is 0.352 e. The minimum atomic E-state index is -4.13. The SMILES string of the molecule is Cc1ccc(S(=O)(=O)N(CC(=O)N(Cc2ccc(Cl)cc2)[C@H](C)C(=O)NC(C)C)c2ccc(Cl)cc2)cc1. The van der Waals surface area contributed by atoms with Crippen molar-refractivity contribution in [2.45, 2.75) is 51.2 Å². The molecule has 3 aromatic rings. The van der Waals surface area contributed by atoms with Gasteiger partial charge in [0.15, 0.2) is 0 Å². The van der Waals surface area contributed by atoms with Gasteiger partial charge in [-0.15, -0.1) is 0 Å². The van der Waals surface area contributed by atoms with Gasteiger partial charge in [0.2, 0.25) is 11.8 Å². The van der Waals surface area contributed by atoms with Gasteiger partial charge in [-0.25, -0.2) is 8.42 Å². The van der Waals surface area contributed by atoms with Crippen LogP contribution in [0.2, 0.25) is 10.0 Å². The van der Waals surface area contributed by atoms with Crippen LogP contribution in [0.3, 0.4) is 0 Å². The quantitative estimate of drug-likeness (QED) is 0.348. The fourth-order valence-electron chi connectivity index (χ4n) is 3.75. The Morgan fingerprint density at radius 3 is 1.89 bits per heavy atom. The van der Waals surface area contributed by atoms with Crippen molar-refractivity contribution >= 4 is 50.7 Å². The van der Waals surface area contributed by atoms with Crippen LogP contribution in [0.4, 0.5) is 5.69 Å². The molecule has 0 fully saturated rings. The number of carbonyl (C=O) groups is 2. The van der Waals surface area contributed by atoms with Gasteiger partial charge in [0.1, 0.15) is 12.6 Å². The summed E-state index contributed by atoms with van der Waals surface area (Å²) < 4.78 is 28.6. The maximum absolute atomic E-state index is 13.8. The summed E-state index contributed by atoms with van der Waals surface area (Å²) >= 11 is 12.1. The number of anilines is 1. The summed E-state index contributed by atoms with van der Waals surface area (Å²) in [6, 6.07) is 18.5. The highest BCUT2D eigenvalue weighted by Crippen LogP contribution is 2.26. The lowest BCUT2D eigenvalue weighted by Crippen LogP contribution is -2.52. The zero-order valence-corrected chi connectivity index (χ0v) is 24.0. The second-order valence-electron chi connectivity index (χ2n) is 9.29. The molecule has 1 atom stereocenters. The van der Waals surface area contributed by atoms with Crippen LogP contribution in [0, 0.1) is 6.92 Å². The lowest BCUT2D eigenvalue weighted by atomic mass is 10.1. The summed E-state index contributed by atoms with van der Waals surface area (Å²) in [6.45, 7) is 6.69. The molecule has 0 spiro atoms. The first-order chi connectivity index (χ1) is 17.9. The third-order valence-corrected chi connectivity index (χ3v) is 8.16. The number of aryl methyl sites for hydroxylation is 1. The van der Waals surface area contributed by atoms with Gasteiger partial charge in [-0.3, -0.25) is 13.9 Å². The minimum absolute atomic E-state index is 0.0423. The summed E-state index contributed by atoms with van der Waals surface area (Å²) in [4.78, 5) is 28.1. The average molecular weight is 577 g/mol. The molecule has 0 aromatic heterocycles. The van der Waals surface area contributed by atoms with Gasteiger partial charge in [-0.2, -0.15) is 0 Å². The summed E-state index contributed by atoms with van der Waals surface area (Å²) in [5, 5.41) is 3.79. The smallest absolute Gasteiger partial charge is 0.264 e. The normalized spacial score (nSPS) is 12.2. The number of hydrogen-bond acceptors (Lipinski definition) is 4. The molecule has 10 heteroatoms. The van der Waals surface area contributed by atoms with Gasteiger partial charge < -0.3 is 10.2 Å². The summed E-state index contributed by atoms with van der Waals surface area (Å²) in [6.07, 6.45) is 0. The van der Waals surface area contributed by atoms with Crippen molar-refractivity contribution in [2.24, 2.45) is 0 Å². The first-order valence-electron chi connectivity index (χ1n) is 12.1. The van der Waals surface area contributed by atoms with Crippen LogP contribution in [0.5, 0.6) is 0 Å². The van der Waals surface area contributed by atoms with E-state index in [2.05, 4.69) is 5.32 Å². The minimum Gasteiger partial charge on any atom is -0.352 e. The van der Waals surface area contributed by atoms with E-state index < -0.39 is 28.5 Å². The molecule has 0 saturated carbocycles. The Kier molecular flexibility index (Phi) is 9.82. The maximum Gasteiger partial charge on any atom is 0.264 e. The molecule has 7 nitrogen and oxygen atoms in total. The average Bonchev–Trinajstić information content (AvgIpc) is 2.87. The van der Waals surface area contributed by atoms with Crippen molar-refractivity contribution in [3.8, 4) is 0 Å². The molecule has 3 rings (SSSR count). The first-order valence-corrected chi connectivity index (χ1v) is 14.3. The predicted molar refractivity (Wildman–Crippen MR) is 152 cm³/mol. The maximum atomic E-state index is 13.8. The third kappa shape index (κ3) is 7.49. The van der Waals surface area contributed by atoms with E-state index in [9.17, 15) is 18.0 Å². The van der Waals surface area contributed by atoms with Crippen LogP contribution in [-0.4, -0.2) is 43.8 Å². The Bertz CT molecular complexity index is 1360. The predicted octanol–water partition coefficient (Wildman–Crippen LogP) is 5.44. The van der Waals surface area contributed by atoms with Gasteiger partial charge in [0.05, 0.1) is 10.6 Å². The second kappa shape index (κ2) is 12.7. The van der Waals surface area contributed by atoms with E-state index in [4.69, 9.17) is 23.2 Å². The van der Waals surface area contributed by atoms with E-state index >= 15 is 0 Å². The molecule has 0 bridgehead atoms. The first kappa shape index (κ1) is 29.5. The Morgan fingerprint density at radius 1 is 0.842 bits per heavy atom. The van der Waals surface area contributed by atoms with Crippen LogP contribution in [0.15, 0.2) is 77.7 Å². The lowest BCUT2D eigenvalue weighted by Gasteiger charge is -2.32. The Morgan fingerprint density at radius 2 is 1.37 bits per heavy atom.